The second-order valence-corrected chi connectivity index (χ2v) is 8.48. The Balaban J connectivity index is 1.66. The summed E-state index contributed by atoms with van der Waals surface area (Å²) in [5, 5.41) is 2.40. The number of carbonyl (C=O) groups excluding carboxylic acids is 1. The monoisotopic (exact) mass is 331 g/mol. The molecule has 1 amide bonds. The molecule has 0 saturated carbocycles. The highest BCUT2D eigenvalue weighted by Crippen LogP contribution is 2.22. The molecule has 1 atom stereocenters. The molecule has 1 heterocycles. The number of hydrogen-bond acceptors (Lipinski definition) is 3. The first-order chi connectivity index (χ1) is 11.0. The fourth-order valence-corrected chi connectivity index (χ4v) is 4.94. The molecule has 0 aromatic heterocycles. The summed E-state index contributed by atoms with van der Waals surface area (Å²) in [5.41, 5.74) is 1.21. The lowest BCUT2D eigenvalue weighted by molar-refractivity contribution is -0.133. The van der Waals surface area contributed by atoms with Crippen molar-refractivity contribution in [1.29, 1.82) is 0 Å². The Labute approximate surface area is 137 Å². The Hall–Kier alpha value is -1.88. The first kappa shape index (κ1) is 16.0. The van der Waals surface area contributed by atoms with Gasteiger partial charge in [-0.25, -0.2) is 8.42 Å². The molecule has 4 nitrogen and oxygen atoms in total. The fourth-order valence-electron chi connectivity index (χ4n) is 3.21. The molecule has 1 aliphatic heterocycles. The minimum atomic E-state index is -3.02. The highest BCUT2D eigenvalue weighted by atomic mass is 32.2. The van der Waals surface area contributed by atoms with E-state index in [1.54, 1.807) is 11.9 Å². The van der Waals surface area contributed by atoms with Gasteiger partial charge < -0.3 is 4.90 Å². The van der Waals surface area contributed by atoms with Gasteiger partial charge in [-0.15, -0.1) is 0 Å². The minimum Gasteiger partial charge on any atom is -0.345 e. The summed E-state index contributed by atoms with van der Waals surface area (Å²) in [6.45, 7) is 0.601. The van der Waals surface area contributed by atoms with Crippen LogP contribution in [-0.2, 0) is 21.1 Å². The van der Waals surface area contributed by atoms with Crippen LogP contribution in [-0.4, -0.2) is 44.3 Å². The Morgan fingerprint density at radius 1 is 1.17 bits per heavy atom. The lowest BCUT2D eigenvalue weighted by atomic mass is 10.0. The Morgan fingerprint density at radius 3 is 2.65 bits per heavy atom. The molecule has 0 N–H and O–H groups in total. The number of amides is 1. The first-order valence-corrected chi connectivity index (χ1v) is 9.70. The second-order valence-electron chi connectivity index (χ2n) is 6.25. The molecule has 0 bridgehead atoms. The van der Waals surface area contributed by atoms with E-state index < -0.39 is 9.84 Å². The summed E-state index contributed by atoms with van der Waals surface area (Å²) in [5.74, 6) is -0.269. The predicted molar refractivity (Wildman–Crippen MR) is 92.0 cm³/mol. The maximum absolute atomic E-state index is 12.4. The van der Waals surface area contributed by atoms with Gasteiger partial charge in [0.2, 0.25) is 5.91 Å². The van der Waals surface area contributed by atoms with E-state index in [4.69, 9.17) is 0 Å². The third kappa shape index (κ3) is 3.55. The van der Waals surface area contributed by atoms with Crippen molar-refractivity contribution in [3.05, 3.63) is 48.0 Å². The van der Waals surface area contributed by atoms with Crippen molar-refractivity contribution in [3.63, 3.8) is 0 Å². The summed E-state index contributed by atoms with van der Waals surface area (Å²) in [7, 11) is -1.26. The largest absolute Gasteiger partial charge is 0.345 e. The molecule has 1 fully saturated rings. The van der Waals surface area contributed by atoms with Crippen molar-refractivity contribution in [3.8, 4) is 0 Å². The number of fused-ring (bicyclic) bond motifs is 1. The number of sulfone groups is 1. The third-order valence-corrected chi connectivity index (χ3v) is 6.32. The normalized spacial score (nSPS) is 19.8. The number of carbonyl (C=O) groups is 1. The van der Waals surface area contributed by atoms with Crippen LogP contribution in [0.2, 0.25) is 0 Å². The topological polar surface area (TPSA) is 54.5 Å². The molecule has 0 unspecified atom stereocenters. The maximum atomic E-state index is 12.4. The molecule has 2 aromatic carbocycles. The summed E-state index contributed by atoms with van der Waals surface area (Å²) < 4.78 is 23.0. The fraction of sp³-hybridized carbons (Fsp3) is 0.389. The van der Waals surface area contributed by atoms with Crippen LogP contribution in [0.5, 0.6) is 0 Å². The van der Waals surface area contributed by atoms with Gasteiger partial charge in [0.25, 0.3) is 0 Å². The van der Waals surface area contributed by atoms with Gasteiger partial charge in [0.05, 0.1) is 17.4 Å². The standard InChI is InChI=1S/C18H21NO3S/c1-19(18(20)16-10-12-23(21,22)13-16)11-9-15-7-4-6-14-5-2-3-8-17(14)15/h2-8,16H,9-13H2,1H3/t16-/m1/s1. The second kappa shape index (κ2) is 6.32. The van der Waals surface area contributed by atoms with E-state index in [1.165, 1.54) is 16.3 Å². The van der Waals surface area contributed by atoms with Gasteiger partial charge >= 0.3 is 0 Å². The molecule has 5 heteroatoms. The first-order valence-electron chi connectivity index (χ1n) is 7.88. The Morgan fingerprint density at radius 2 is 1.91 bits per heavy atom. The van der Waals surface area contributed by atoms with Crippen molar-refractivity contribution in [2.75, 3.05) is 25.1 Å². The van der Waals surface area contributed by atoms with Crippen molar-refractivity contribution >= 4 is 26.5 Å². The van der Waals surface area contributed by atoms with E-state index in [2.05, 4.69) is 24.3 Å². The van der Waals surface area contributed by atoms with Crippen molar-refractivity contribution in [2.24, 2.45) is 5.92 Å². The molecule has 3 rings (SSSR count). The van der Waals surface area contributed by atoms with Gasteiger partial charge in [-0.1, -0.05) is 42.5 Å². The zero-order valence-electron chi connectivity index (χ0n) is 13.2. The minimum absolute atomic E-state index is 0.00441. The van der Waals surface area contributed by atoms with E-state index in [9.17, 15) is 13.2 Å². The summed E-state index contributed by atoms with van der Waals surface area (Å²) in [6.07, 6.45) is 1.23. The molecule has 1 saturated heterocycles. The number of benzene rings is 2. The van der Waals surface area contributed by atoms with Crippen LogP contribution in [0.3, 0.4) is 0 Å². The predicted octanol–water partition coefficient (Wildman–Crippen LogP) is 2.28. The quantitative estimate of drug-likeness (QED) is 0.864. The Bertz CT molecular complexity index is 824. The van der Waals surface area contributed by atoms with Gasteiger partial charge in [0.15, 0.2) is 9.84 Å². The lowest BCUT2D eigenvalue weighted by Gasteiger charge is -2.20. The van der Waals surface area contributed by atoms with Crippen LogP contribution in [0.25, 0.3) is 10.8 Å². The molecule has 0 aliphatic carbocycles. The van der Waals surface area contributed by atoms with E-state index in [0.717, 1.165) is 6.42 Å². The molecule has 122 valence electrons. The van der Waals surface area contributed by atoms with Crippen LogP contribution in [0, 0.1) is 5.92 Å². The number of rotatable bonds is 4. The van der Waals surface area contributed by atoms with Gasteiger partial charge in [-0.2, -0.15) is 0 Å². The van der Waals surface area contributed by atoms with Gasteiger partial charge in [0.1, 0.15) is 0 Å². The van der Waals surface area contributed by atoms with Crippen LogP contribution in [0.4, 0.5) is 0 Å². The molecule has 23 heavy (non-hydrogen) atoms. The van der Waals surface area contributed by atoms with Gasteiger partial charge in [0, 0.05) is 13.6 Å². The molecule has 2 aromatic rings. The smallest absolute Gasteiger partial charge is 0.226 e. The number of likely N-dealkylation sites (N-methyl/N-ethyl adjacent to an activating group) is 1. The molecular weight excluding hydrogens is 310 g/mol. The van der Waals surface area contributed by atoms with E-state index >= 15 is 0 Å². The highest BCUT2D eigenvalue weighted by Gasteiger charge is 2.34. The van der Waals surface area contributed by atoms with E-state index in [-0.39, 0.29) is 23.3 Å². The Kier molecular flexibility index (Phi) is 4.39. The van der Waals surface area contributed by atoms with E-state index in [1.807, 2.05) is 18.2 Å². The maximum Gasteiger partial charge on any atom is 0.226 e. The number of nitrogens with zero attached hydrogens (tertiary/aromatic N) is 1. The van der Waals surface area contributed by atoms with Crippen molar-refractivity contribution in [2.45, 2.75) is 12.8 Å². The number of hydrogen-bond donors (Lipinski definition) is 0. The summed E-state index contributed by atoms with van der Waals surface area (Å²) in [4.78, 5) is 14.1. The summed E-state index contributed by atoms with van der Waals surface area (Å²) in [6, 6.07) is 14.4. The van der Waals surface area contributed by atoms with Crippen LogP contribution < -0.4 is 0 Å². The summed E-state index contributed by atoms with van der Waals surface area (Å²) >= 11 is 0. The van der Waals surface area contributed by atoms with E-state index in [0.29, 0.717) is 13.0 Å². The lowest BCUT2D eigenvalue weighted by Crippen LogP contribution is -2.35. The molecule has 0 spiro atoms. The molecular formula is C18H21NO3S. The third-order valence-electron chi connectivity index (χ3n) is 4.55. The molecule has 0 radical (unpaired) electrons. The zero-order chi connectivity index (χ0) is 16.4. The highest BCUT2D eigenvalue weighted by molar-refractivity contribution is 7.91. The van der Waals surface area contributed by atoms with Crippen LogP contribution >= 0.6 is 0 Å². The van der Waals surface area contributed by atoms with Gasteiger partial charge in [-0.05, 0) is 29.2 Å². The SMILES string of the molecule is CN(CCc1cccc2ccccc12)C(=O)[C@@H]1CCS(=O)(=O)C1. The van der Waals surface area contributed by atoms with Crippen LogP contribution in [0.1, 0.15) is 12.0 Å². The van der Waals surface area contributed by atoms with Crippen molar-refractivity contribution in [1.82, 2.24) is 4.90 Å². The average Bonchev–Trinajstić information content (AvgIpc) is 2.91. The average molecular weight is 331 g/mol. The van der Waals surface area contributed by atoms with Crippen molar-refractivity contribution < 1.29 is 13.2 Å². The van der Waals surface area contributed by atoms with Gasteiger partial charge in [-0.3, -0.25) is 4.79 Å². The zero-order valence-corrected chi connectivity index (χ0v) is 14.1. The van der Waals surface area contributed by atoms with Crippen LogP contribution in [0.15, 0.2) is 42.5 Å². The molecule has 1 aliphatic rings.